The van der Waals surface area contributed by atoms with Crippen molar-refractivity contribution < 1.29 is 70.8 Å². The fourth-order valence-corrected chi connectivity index (χ4v) is 0.475. The Hall–Kier alpha value is -0.194. The van der Waals surface area contributed by atoms with Crippen molar-refractivity contribution in [2.45, 2.75) is 6.92 Å². The smallest absolute Gasteiger partial charge is 0.545 e. The Balaban J connectivity index is 0. The average Bonchev–Trinajstić information content (AvgIpc) is 1.99. The van der Waals surface area contributed by atoms with Crippen LogP contribution in [0.15, 0.2) is 11.6 Å². The molecule has 0 aliphatic carbocycles. The Bertz CT molecular complexity index is 266. The minimum atomic E-state index is -1.71. The normalized spacial score (nSPS) is 9.38. The van der Waals surface area contributed by atoms with Gasteiger partial charge in [0.2, 0.25) is 0 Å². The van der Waals surface area contributed by atoms with E-state index in [-0.39, 0.29) is 58.0 Å². The number of nitriles is 1. The van der Waals surface area contributed by atoms with Gasteiger partial charge in [0.25, 0.3) is 0 Å². The summed E-state index contributed by atoms with van der Waals surface area (Å²) in [5, 5.41) is 18.3. The maximum atomic E-state index is 10.7. The molecule has 0 aromatic carbocycles. The molecule has 0 saturated heterocycles. The number of carboxylic acid groups (broad SMARTS) is 1. The van der Waals surface area contributed by atoms with Gasteiger partial charge >= 0.3 is 57.4 Å². The van der Waals surface area contributed by atoms with E-state index in [0.29, 0.717) is 6.08 Å². The van der Waals surface area contributed by atoms with Gasteiger partial charge in [0.1, 0.15) is 0 Å². The molecular formula is C7H6KNO4. The number of carboxylic acids is 1. The van der Waals surface area contributed by atoms with Crippen LogP contribution in [0.5, 0.6) is 0 Å². The molecule has 0 unspecified atom stereocenters. The van der Waals surface area contributed by atoms with Crippen molar-refractivity contribution >= 4 is 11.9 Å². The number of hydrogen-bond acceptors (Lipinski definition) is 5. The van der Waals surface area contributed by atoms with Gasteiger partial charge in [-0.15, -0.1) is 0 Å². The number of nitrogens with zero attached hydrogens (tertiary/aromatic N) is 1. The third kappa shape index (κ3) is 5.96. The van der Waals surface area contributed by atoms with Crippen LogP contribution in [0.25, 0.3) is 0 Å². The number of hydrogen-bond donors (Lipinski definition) is 0. The predicted molar refractivity (Wildman–Crippen MR) is 35.3 cm³/mol. The molecule has 0 aromatic rings. The van der Waals surface area contributed by atoms with Gasteiger partial charge in [0.05, 0.1) is 24.2 Å². The first-order valence-electron chi connectivity index (χ1n) is 3.11. The van der Waals surface area contributed by atoms with E-state index in [1.54, 1.807) is 0 Å². The first-order valence-corrected chi connectivity index (χ1v) is 3.11. The Labute approximate surface area is 118 Å². The zero-order valence-corrected chi connectivity index (χ0v) is 10.5. The molecular weight excluding hydrogens is 201 g/mol. The number of aliphatic carboxylic acids is 1. The molecule has 64 valence electrons. The minimum absolute atomic E-state index is 0. The molecule has 0 radical (unpaired) electrons. The molecule has 0 atom stereocenters. The number of carbonyl (C=O) groups is 2. The van der Waals surface area contributed by atoms with Crippen LogP contribution in [-0.4, -0.2) is 18.5 Å². The molecule has 0 heterocycles. The van der Waals surface area contributed by atoms with Gasteiger partial charge in [0.15, 0.2) is 0 Å². The quantitative estimate of drug-likeness (QED) is 0.117. The fourth-order valence-electron chi connectivity index (χ4n) is 0.475. The topological polar surface area (TPSA) is 90.2 Å². The number of rotatable bonds is 3. The molecule has 0 saturated carbocycles. The number of allylic oxidation sites excluding steroid dienone is 1. The largest absolute Gasteiger partial charge is 1.00 e. The summed E-state index contributed by atoms with van der Waals surface area (Å²) in [5.41, 5.74) is -0.764. The van der Waals surface area contributed by atoms with Crippen LogP contribution in [0.1, 0.15) is 6.92 Å². The van der Waals surface area contributed by atoms with E-state index >= 15 is 0 Å². The van der Waals surface area contributed by atoms with Gasteiger partial charge in [-0.2, -0.15) is 5.26 Å². The summed E-state index contributed by atoms with van der Waals surface area (Å²) in [4.78, 5) is 20.9. The molecule has 5 nitrogen and oxygen atoms in total. The van der Waals surface area contributed by atoms with E-state index in [1.165, 1.54) is 13.0 Å². The summed E-state index contributed by atoms with van der Waals surface area (Å²) < 4.78 is 4.34. The van der Waals surface area contributed by atoms with Crippen LogP contribution in [-0.2, 0) is 14.3 Å². The van der Waals surface area contributed by atoms with E-state index in [4.69, 9.17) is 5.26 Å². The maximum Gasteiger partial charge on any atom is 1.00 e. The van der Waals surface area contributed by atoms with Crippen molar-refractivity contribution in [1.82, 2.24) is 0 Å². The molecule has 6 heteroatoms. The summed E-state index contributed by atoms with van der Waals surface area (Å²) in [6.45, 7) is 1.58. The molecule has 0 fully saturated rings. The van der Waals surface area contributed by atoms with Crippen LogP contribution in [0, 0.1) is 11.3 Å². The van der Waals surface area contributed by atoms with Crippen molar-refractivity contribution in [3.8, 4) is 6.07 Å². The molecule has 0 spiro atoms. The first kappa shape index (κ1) is 15.3. The Morgan fingerprint density at radius 2 is 2.15 bits per heavy atom. The van der Waals surface area contributed by atoms with Crippen LogP contribution < -0.4 is 56.5 Å². The molecule has 0 rings (SSSR count). The van der Waals surface area contributed by atoms with E-state index in [9.17, 15) is 14.7 Å². The molecule has 0 amide bonds. The summed E-state index contributed by atoms with van der Waals surface area (Å²) in [6, 6.07) is 1.40. The summed E-state index contributed by atoms with van der Waals surface area (Å²) in [6.07, 6.45) is 0.577. The van der Waals surface area contributed by atoms with Crippen molar-refractivity contribution in [2.75, 3.05) is 6.61 Å². The predicted octanol–water partition coefficient (Wildman–Crippen LogP) is -4.25. The molecule has 0 aromatic heterocycles. The van der Waals surface area contributed by atoms with E-state index in [2.05, 4.69) is 4.74 Å². The van der Waals surface area contributed by atoms with Gasteiger partial charge in [-0.1, -0.05) is 0 Å². The molecule has 0 N–H and O–H groups in total. The zero-order valence-electron chi connectivity index (χ0n) is 7.36. The van der Waals surface area contributed by atoms with Crippen molar-refractivity contribution in [1.29, 1.82) is 5.26 Å². The zero-order chi connectivity index (χ0) is 9.56. The first-order chi connectivity index (χ1) is 5.63. The Morgan fingerprint density at radius 1 is 1.62 bits per heavy atom. The summed E-state index contributed by atoms with van der Waals surface area (Å²) in [5.74, 6) is -2.77. The number of ether oxygens (including phenoxy) is 1. The number of esters is 1. The second-order valence-electron chi connectivity index (χ2n) is 1.70. The Morgan fingerprint density at radius 3 is 2.46 bits per heavy atom. The van der Waals surface area contributed by atoms with Gasteiger partial charge in [0, 0.05) is 6.08 Å². The van der Waals surface area contributed by atoms with Gasteiger partial charge in [-0.25, -0.2) is 4.79 Å². The second kappa shape index (κ2) is 8.41. The van der Waals surface area contributed by atoms with Gasteiger partial charge < -0.3 is 14.6 Å². The van der Waals surface area contributed by atoms with E-state index < -0.39 is 17.5 Å². The van der Waals surface area contributed by atoms with Crippen LogP contribution in [0.4, 0.5) is 0 Å². The minimum Gasteiger partial charge on any atom is -0.545 e. The number of carbonyl (C=O) groups excluding carboxylic acids is 2. The molecule has 0 bridgehead atoms. The fraction of sp³-hybridized carbons (Fsp3) is 0.286. The third-order valence-corrected chi connectivity index (χ3v) is 0.924. The van der Waals surface area contributed by atoms with Crippen molar-refractivity contribution in [3.05, 3.63) is 11.6 Å². The monoisotopic (exact) mass is 207 g/mol. The summed E-state index contributed by atoms with van der Waals surface area (Å²) in [7, 11) is 0. The molecule has 13 heavy (non-hydrogen) atoms. The van der Waals surface area contributed by atoms with Crippen LogP contribution in [0.2, 0.25) is 0 Å². The maximum absolute atomic E-state index is 10.7. The van der Waals surface area contributed by atoms with Crippen LogP contribution >= 0.6 is 0 Å². The van der Waals surface area contributed by atoms with Crippen molar-refractivity contribution in [3.63, 3.8) is 0 Å². The standard InChI is InChI=1S/C7H7NO4.K/c1-2-12-7(11)5(3-4-8)6(9)10;/h3H,2H2,1H3,(H,9,10);/q;+1/p-1/b5-3-;. The third-order valence-electron chi connectivity index (χ3n) is 0.924. The summed E-state index contributed by atoms with van der Waals surface area (Å²) >= 11 is 0. The van der Waals surface area contributed by atoms with Gasteiger partial charge in [-0.3, -0.25) is 0 Å². The van der Waals surface area contributed by atoms with E-state index in [1.807, 2.05) is 0 Å². The van der Waals surface area contributed by atoms with Crippen LogP contribution in [0.3, 0.4) is 0 Å². The van der Waals surface area contributed by atoms with E-state index in [0.717, 1.165) is 0 Å². The average molecular weight is 207 g/mol. The van der Waals surface area contributed by atoms with Crippen molar-refractivity contribution in [2.24, 2.45) is 0 Å². The SMILES string of the molecule is CCOC(=O)/C(=C\C#N)C(=O)[O-].[K+]. The second-order valence-corrected chi connectivity index (χ2v) is 1.70. The molecule has 0 aliphatic heterocycles. The van der Waals surface area contributed by atoms with Gasteiger partial charge in [-0.05, 0) is 6.92 Å². The molecule has 0 aliphatic rings. The Kier molecular flexibility index (Phi) is 9.89.